The van der Waals surface area contributed by atoms with Crippen molar-refractivity contribution in [2.75, 3.05) is 13.0 Å². The minimum absolute atomic E-state index is 0.00631. The molecule has 0 heterocycles. The largest absolute Gasteiger partial charge is 0.497 e. The van der Waals surface area contributed by atoms with Gasteiger partial charge in [-0.2, -0.15) is 0 Å². The highest BCUT2D eigenvalue weighted by Gasteiger charge is 2.04. The molecule has 0 radical (unpaired) electrons. The van der Waals surface area contributed by atoms with Crippen molar-refractivity contribution in [3.8, 4) is 5.75 Å². The Balaban J connectivity index is 2.86. The standard InChI is InChI=1S/C10H10BrClO2/c1-14-10-4-7(2-8(11)5-10)3-9(13)6-12/h2,4-5H,3,6H2,1H3. The lowest BCUT2D eigenvalue weighted by Crippen LogP contribution is -2.03. The van der Waals surface area contributed by atoms with Gasteiger partial charge in [0, 0.05) is 10.9 Å². The summed E-state index contributed by atoms with van der Waals surface area (Å²) in [5, 5.41) is 0. The van der Waals surface area contributed by atoms with Crippen LogP contribution in [0.15, 0.2) is 22.7 Å². The second kappa shape index (κ2) is 5.37. The molecule has 0 saturated carbocycles. The third kappa shape index (κ3) is 3.31. The number of benzene rings is 1. The first kappa shape index (κ1) is 11.5. The van der Waals surface area contributed by atoms with Crippen LogP contribution in [0.25, 0.3) is 0 Å². The molecular formula is C10H10BrClO2. The maximum Gasteiger partial charge on any atom is 0.151 e. The van der Waals surface area contributed by atoms with E-state index in [9.17, 15) is 4.79 Å². The first-order valence-electron chi connectivity index (χ1n) is 4.07. The molecule has 0 aliphatic heterocycles. The van der Waals surface area contributed by atoms with Crippen LogP contribution in [-0.4, -0.2) is 18.8 Å². The van der Waals surface area contributed by atoms with Gasteiger partial charge in [-0.3, -0.25) is 4.79 Å². The van der Waals surface area contributed by atoms with Crippen LogP contribution in [0.2, 0.25) is 0 Å². The molecule has 1 aromatic carbocycles. The number of Topliss-reactive ketones (excluding diaryl/α,β-unsaturated/α-hetero) is 1. The minimum Gasteiger partial charge on any atom is -0.497 e. The lowest BCUT2D eigenvalue weighted by atomic mass is 10.1. The summed E-state index contributed by atoms with van der Waals surface area (Å²) in [6.45, 7) is 0. The van der Waals surface area contributed by atoms with Crippen molar-refractivity contribution in [1.82, 2.24) is 0 Å². The van der Waals surface area contributed by atoms with Gasteiger partial charge in [0.15, 0.2) is 5.78 Å². The predicted octanol–water partition coefficient (Wildman–Crippen LogP) is 2.81. The molecule has 14 heavy (non-hydrogen) atoms. The normalized spacial score (nSPS) is 9.93. The van der Waals surface area contributed by atoms with E-state index in [1.165, 1.54) is 0 Å². The van der Waals surface area contributed by atoms with Crippen LogP contribution in [0.5, 0.6) is 5.75 Å². The topological polar surface area (TPSA) is 26.3 Å². The Morgan fingerprint density at radius 1 is 1.50 bits per heavy atom. The molecule has 0 aliphatic carbocycles. The second-order valence-electron chi connectivity index (χ2n) is 2.85. The highest BCUT2D eigenvalue weighted by Crippen LogP contribution is 2.21. The van der Waals surface area contributed by atoms with Gasteiger partial charge in [-0.05, 0) is 23.8 Å². The van der Waals surface area contributed by atoms with Gasteiger partial charge in [0.1, 0.15) is 5.75 Å². The Morgan fingerprint density at radius 2 is 2.21 bits per heavy atom. The van der Waals surface area contributed by atoms with Crippen LogP contribution in [-0.2, 0) is 11.2 Å². The molecule has 0 N–H and O–H groups in total. The fraction of sp³-hybridized carbons (Fsp3) is 0.300. The number of halogens is 2. The van der Waals surface area contributed by atoms with Crippen molar-refractivity contribution in [2.45, 2.75) is 6.42 Å². The zero-order chi connectivity index (χ0) is 10.6. The van der Waals surface area contributed by atoms with E-state index >= 15 is 0 Å². The van der Waals surface area contributed by atoms with Crippen molar-refractivity contribution in [2.24, 2.45) is 0 Å². The van der Waals surface area contributed by atoms with E-state index in [0.29, 0.717) is 6.42 Å². The number of carbonyl (C=O) groups excluding carboxylic acids is 1. The Labute approximate surface area is 96.3 Å². The van der Waals surface area contributed by atoms with Gasteiger partial charge >= 0.3 is 0 Å². The molecule has 0 aliphatic rings. The zero-order valence-corrected chi connectivity index (χ0v) is 10.1. The summed E-state index contributed by atoms with van der Waals surface area (Å²) in [7, 11) is 1.59. The van der Waals surface area contributed by atoms with Crippen LogP contribution < -0.4 is 4.74 Å². The first-order valence-corrected chi connectivity index (χ1v) is 5.39. The number of hydrogen-bond donors (Lipinski definition) is 0. The van der Waals surface area contributed by atoms with Crippen molar-refractivity contribution in [1.29, 1.82) is 0 Å². The van der Waals surface area contributed by atoms with E-state index < -0.39 is 0 Å². The summed E-state index contributed by atoms with van der Waals surface area (Å²) in [5.41, 5.74) is 0.905. The number of alkyl halides is 1. The maximum atomic E-state index is 11.1. The first-order chi connectivity index (χ1) is 6.65. The number of carbonyl (C=O) groups is 1. The van der Waals surface area contributed by atoms with E-state index in [1.807, 2.05) is 18.2 Å². The van der Waals surface area contributed by atoms with Crippen LogP contribution >= 0.6 is 27.5 Å². The lowest BCUT2D eigenvalue weighted by Gasteiger charge is -2.04. The third-order valence-corrected chi connectivity index (χ3v) is 2.47. The SMILES string of the molecule is COc1cc(Br)cc(CC(=O)CCl)c1. The monoisotopic (exact) mass is 276 g/mol. The van der Waals surface area contributed by atoms with Crippen LogP contribution in [0, 0.1) is 0 Å². The van der Waals surface area contributed by atoms with Gasteiger partial charge in [0.25, 0.3) is 0 Å². The van der Waals surface area contributed by atoms with E-state index in [0.717, 1.165) is 15.8 Å². The van der Waals surface area contributed by atoms with Gasteiger partial charge < -0.3 is 4.74 Å². The van der Waals surface area contributed by atoms with Gasteiger partial charge in [-0.25, -0.2) is 0 Å². The molecule has 0 bridgehead atoms. The molecule has 0 fully saturated rings. The van der Waals surface area contributed by atoms with E-state index in [1.54, 1.807) is 7.11 Å². The molecule has 2 nitrogen and oxygen atoms in total. The second-order valence-corrected chi connectivity index (χ2v) is 4.03. The number of ether oxygens (including phenoxy) is 1. The molecule has 0 saturated heterocycles. The summed E-state index contributed by atoms with van der Waals surface area (Å²) in [6.07, 6.45) is 0.347. The Kier molecular flexibility index (Phi) is 4.42. The number of methoxy groups -OCH3 is 1. The molecular weight excluding hydrogens is 267 g/mol. The summed E-state index contributed by atoms with van der Waals surface area (Å²) in [6, 6.07) is 5.55. The van der Waals surface area contributed by atoms with Gasteiger partial charge in [-0.1, -0.05) is 15.9 Å². The third-order valence-electron chi connectivity index (χ3n) is 1.72. The van der Waals surface area contributed by atoms with Crippen molar-refractivity contribution in [3.05, 3.63) is 28.2 Å². The number of ketones is 1. The highest BCUT2D eigenvalue weighted by molar-refractivity contribution is 9.10. The van der Waals surface area contributed by atoms with Gasteiger partial charge in [0.05, 0.1) is 13.0 Å². The molecule has 76 valence electrons. The Bertz CT molecular complexity index is 339. The molecule has 0 aromatic heterocycles. The molecule has 0 atom stereocenters. The van der Waals surface area contributed by atoms with Crippen molar-refractivity contribution < 1.29 is 9.53 Å². The summed E-state index contributed by atoms with van der Waals surface area (Å²) >= 11 is 8.76. The van der Waals surface area contributed by atoms with Crippen molar-refractivity contribution in [3.63, 3.8) is 0 Å². The van der Waals surface area contributed by atoms with Crippen molar-refractivity contribution >= 4 is 33.3 Å². The predicted molar refractivity (Wildman–Crippen MR) is 60.1 cm³/mol. The van der Waals surface area contributed by atoms with E-state index in [-0.39, 0.29) is 11.7 Å². The van der Waals surface area contributed by atoms with E-state index in [4.69, 9.17) is 16.3 Å². The molecule has 0 amide bonds. The average Bonchev–Trinajstić information content (AvgIpc) is 2.16. The fourth-order valence-electron chi connectivity index (χ4n) is 1.12. The van der Waals surface area contributed by atoms with Crippen LogP contribution in [0.4, 0.5) is 0 Å². The Hall–Kier alpha value is -0.540. The quantitative estimate of drug-likeness (QED) is 0.791. The van der Waals surface area contributed by atoms with Gasteiger partial charge in [-0.15, -0.1) is 11.6 Å². The molecule has 0 spiro atoms. The van der Waals surface area contributed by atoms with Gasteiger partial charge in [0.2, 0.25) is 0 Å². The van der Waals surface area contributed by atoms with Crippen LogP contribution in [0.1, 0.15) is 5.56 Å². The lowest BCUT2D eigenvalue weighted by molar-refractivity contribution is -0.116. The molecule has 1 rings (SSSR count). The van der Waals surface area contributed by atoms with Crippen LogP contribution in [0.3, 0.4) is 0 Å². The Morgan fingerprint density at radius 3 is 2.79 bits per heavy atom. The number of rotatable bonds is 4. The highest BCUT2D eigenvalue weighted by atomic mass is 79.9. The maximum absolute atomic E-state index is 11.1. The number of hydrogen-bond acceptors (Lipinski definition) is 2. The minimum atomic E-state index is 0.00631. The summed E-state index contributed by atoms with van der Waals surface area (Å²) in [5.74, 6) is 0.790. The summed E-state index contributed by atoms with van der Waals surface area (Å²) < 4.78 is 5.97. The molecule has 4 heteroatoms. The summed E-state index contributed by atoms with van der Waals surface area (Å²) in [4.78, 5) is 11.1. The van der Waals surface area contributed by atoms with E-state index in [2.05, 4.69) is 15.9 Å². The molecule has 0 unspecified atom stereocenters. The zero-order valence-electron chi connectivity index (χ0n) is 7.72. The smallest absolute Gasteiger partial charge is 0.151 e. The average molecular weight is 278 g/mol. The molecule has 1 aromatic rings. The fourth-order valence-corrected chi connectivity index (χ4v) is 1.73.